The molecule has 0 bridgehead atoms. The van der Waals surface area contributed by atoms with Crippen molar-refractivity contribution in [3.05, 3.63) is 60.2 Å². The first-order valence-electron chi connectivity index (χ1n) is 8.53. The highest BCUT2D eigenvalue weighted by Gasteiger charge is 2.33. The second-order valence-electron chi connectivity index (χ2n) is 6.29. The predicted octanol–water partition coefficient (Wildman–Crippen LogP) is 1.47. The Morgan fingerprint density at radius 3 is 2.14 bits per heavy atom. The van der Waals surface area contributed by atoms with Gasteiger partial charge in [-0.25, -0.2) is 22.3 Å². The summed E-state index contributed by atoms with van der Waals surface area (Å²) in [5, 5.41) is 7.85. The number of hydrogen-bond donors (Lipinski definition) is 3. The van der Waals surface area contributed by atoms with Crippen LogP contribution in [0.3, 0.4) is 0 Å². The third-order valence-electron chi connectivity index (χ3n) is 4.11. The van der Waals surface area contributed by atoms with Crippen molar-refractivity contribution in [2.75, 3.05) is 12.8 Å². The lowest BCUT2D eigenvalue weighted by atomic mass is 10.1. The molecule has 1 amide bonds. The molecular weight excluding hydrogens is 436 g/mol. The SMILES string of the molecule is CS(=O)(=O)c1ccccc1S(=O)(=O)N(CCC(=O)NO)C(S)Cc1ccccc1. The summed E-state index contributed by atoms with van der Waals surface area (Å²) in [4.78, 5) is 10.8. The topological polar surface area (TPSA) is 121 Å². The molecule has 0 radical (unpaired) electrons. The van der Waals surface area contributed by atoms with Gasteiger partial charge in [-0.15, -0.1) is 0 Å². The van der Waals surface area contributed by atoms with E-state index in [1.807, 2.05) is 6.07 Å². The van der Waals surface area contributed by atoms with Crippen molar-refractivity contribution in [2.24, 2.45) is 0 Å². The number of carbonyl (C=O) groups excluding carboxylic acids is 1. The summed E-state index contributed by atoms with van der Waals surface area (Å²) in [5.41, 5.74) is 2.27. The van der Waals surface area contributed by atoms with Crippen molar-refractivity contribution in [3.63, 3.8) is 0 Å². The zero-order valence-corrected chi connectivity index (χ0v) is 18.1. The van der Waals surface area contributed by atoms with E-state index >= 15 is 0 Å². The third-order valence-corrected chi connectivity index (χ3v) is 7.98. The van der Waals surface area contributed by atoms with Crippen LogP contribution in [0.2, 0.25) is 0 Å². The van der Waals surface area contributed by atoms with Gasteiger partial charge in [-0.05, 0) is 24.1 Å². The Bertz CT molecular complexity index is 1060. The van der Waals surface area contributed by atoms with Crippen LogP contribution < -0.4 is 5.48 Å². The van der Waals surface area contributed by atoms with Gasteiger partial charge in [0, 0.05) is 19.2 Å². The Kier molecular flexibility index (Phi) is 7.83. The zero-order valence-electron chi connectivity index (χ0n) is 15.6. The lowest BCUT2D eigenvalue weighted by Crippen LogP contribution is -2.41. The fraction of sp³-hybridized carbons (Fsp3) is 0.278. The highest BCUT2D eigenvalue weighted by molar-refractivity contribution is 7.93. The second-order valence-corrected chi connectivity index (χ2v) is 10.7. The molecule has 2 N–H and O–H groups in total. The zero-order chi connectivity index (χ0) is 21.7. The van der Waals surface area contributed by atoms with E-state index in [0.29, 0.717) is 0 Å². The number of amides is 1. The van der Waals surface area contributed by atoms with Crippen LogP contribution in [0.4, 0.5) is 0 Å². The number of hydrogen-bond acceptors (Lipinski definition) is 7. The standard InChI is InChI=1S/C18H22N2O6S3/c1-28(23,24)15-9-5-6-10-16(15)29(25,26)20(12-11-17(21)19-22)18(27)13-14-7-3-2-4-8-14/h2-10,18,22,27H,11-13H2,1H3,(H,19,21). The third kappa shape index (κ3) is 6.03. The minimum absolute atomic E-state index is 0.227. The van der Waals surface area contributed by atoms with Crippen LogP contribution in [0.15, 0.2) is 64.4 Å². The average molecular weight is 459 g/mol. The van der Waals surface area contributed by atoms with Gasteiger partial charge in [-0.1, -0.05) is 42.5 Å². The Balaban J connectivity index is 2.48. The molecule has 11 heteroatoms. The summed E-state index contributed by atoms with van der Waals surface area (Å²) >= 11 is 4.42. The van der Waals surface area contributed by atoms with Gasteiger partial charge in [0.15, 0.2) is 9.84 Å². The van der Waals surface area contributed by atoms with E-state index in [0.717, 1.165) is 16.1 Å². The molecule has 2 aromatic carbocycles. The molecule has 29 heavy (non-hydrogen) atoms. The predicted molar refractivity (Wildman–Crippen MR) is 111 cm³/mol. The first-order valence-corrected chi connectivity index (χ1v) is 12.4. The minimum Gasteiger partial charge on any atom is -0.289 e. The quantitative estimate of drug-likeness (QED) is 0.227. The fourth-order valence-electron chi connectivity index (χ4n) is 2.72. The average Bonchev–Trinajstić information content (AvgIpc) is 2.67. The Morgan fingerprint density at radius 2 is 1.59 bits per heavy atom. The van der Waals surface area contributed by atoms with Crippen LogP contribution in [0.1, 0.15) is 12.0 Å². The Morgan fingerprint density at radius 1 is 1.03 bits per heavy atom. The molecule has 1 atom stereocenters. The van der Waals surface area contributed by atoms with Gasteiger partial charge >= 0.3 is 0 Å². The first kappa shape index (κ1) is 23.4. The fourth-order valence-corrected chi connectivity index (χ4v) is 6.50. The van der Waals surface area contributed by atoms with Crippen LogP contribution in [0.25, 0.3) is 0 Å². The summed E-state index contributed by atoms with van der Waals surface area (Å²) in [6, 6.07) is 14.3. The van der Waals surface area contributed by atoms with Crippen molar-refractivity contribution in [2.45, 2.75) is 28.0 Å². The summed E-state index contributed by atoms with van der Waals surface area (Å²) in [5.74, 6) is -0.776. The van der Waals surface area contributed by atoms with Crippen molar-refractivity contribution < 1.29 is 26.8 Å². The largest absolute Gasteiger partial charge is 0.289 e. The van der Waals surface area contributed by atoms with Crippen molar-refractivity contribution >= 4 is 38.4 Å². The monoisotopic (exact) mass is 458 g/mol. The molecule has 0 aliphatic rings. The van der Waals surface area contributed by atoms with E-state index in [1.165, 1.54) is 29.7 Å². The number of nitrogens with one attached hydrogen (secondary N) is 1. The molecule has 8 nitrogen and oxygen atoms in total. The molecule has 0 aliphatic heterocycles. The smallest absolute Gasteiger partial charge is 0.245 e. The van der Waals surface area contributed by atoms with Crippen LogP contribution >= 0.6 is 12.6 Å². The number of thiol groups is 1. The number of benzene rings is 2. The lowest BCUT2D eigenvalue weighted by molar-refractivity contribution is -0.129. The molecule has 2 aromatic rings. The molecule has 2 rings (SSSR count). The van der Waals surface area contributed by atoms with E-state index in [9.17, 15) is 21.6 Å². The molecule has 0 fully saturated rings. The van der Waals surface area contributed by atoms with Crippen molar-refractivity contribution in [1.82, 2.24) is 9.79 Å². The minimum atomic E-state index is -4.32. The van der Waals surface area contributed by atoms with E-state index in [4.69, 9.17) is 5.21 Å². The highest BCUT2D eigenvalue weighted by atomic mass is 32.2. The molecule has 0 spiro atoms. The maximum Gasteiger partial charge on any atom is 0.245 e. The number of carbonyl (C=O) groups is 1. The molecule has 0 aliphatic carbocycles. The number of hydroxylamine groups is 1. The van der Waals surface area contributed by atoms with E-state index in [1.54, 1.807) is 24.3 Å². The summed E-state index contributed by atoms with van der Waals surface area (Å²) in [6.45, 7) is -0.298. The van der Waals surface area contributed by atoms with Gasteiger partial charge in [0.2, 0.25) is 15.9 Å². The molecule has 0 saturated carbocycles. The van der Waals surface area contributed by atoms with Gasteiger partial charge < -0.3 is 0 Å². The van der Waals surface area contributed by atoms with Crippen molar-refractivity contribution in [1.29, 1.82) is 0 Å². The summed E-state index contributed by atoms with van der Waals surface area (Å²) in [7, 11) is -8.14. The van der Waals surface area contributed by atoms with Crippen molar-refractivity contribution in [3.8, 4) is 0 Å². The number of sulfonamides is 1. The lowest BCUT2D eigenvalue weighted by Gasteiger charge is -2.28. The van der Waals surface area contributed by atoms with Gasteiger partial charge in [-0.3, -0.25) is 10.0 Å². The number of sulfone groups is 1. The summed E-state index contributed by atoms with van der Waals surface area (Å²) in [6.07, 6.45) is 0.820. The number of rotatable bonds is 9. The normalized spacial score (nSPS) is 13.2. The van der Waals surface area contributed by atoms with Crippen LogP contribution in [-0.2, 0) is 31.1 Å². The van der Waals surface area contributed by atoms with Crippen LogP contribution in [0, 0.1) is 0 Å². The van der Waals surface area contributed by atoms with Crippen LogP contribution in [0.5, 0.6) is 0 Å². The Hall–Kier alpha value is -1.92. The highest BCUT2D eigenvalue weighted by Crippen LogP contribution is 2.27. The van der Waals surface area contributed by atoms with E-state index in [2.05, 4.69) is 12.6 Å². The van der Waals surface area contributed by atoms with E-state index < -0.39 is 31.1 Å². The molecule has 1 unspecified atom stereocenters. The van der Waals surface area contributed by atoms with Gasteiger partial charge in [0.1, 0.15) is 4.90 Å². The van der Waals surface area contributed by atoms with E-state index in [-0.39, 0.29) is 29.2 Å². The van der Waals surface area contributed by atoms with Gasteiger partial charge in [-0.2, -0.15) is 16.9 Å². The van der Waals surface area contributed by atoms with Crippen LogP contribution in [-0.4, -0.2) is 50.4 Å². The molecule has 0 heterocycles. The molecule has 0 aromatic heterocycles. The second kappa shape index (κ2) is 9.72. The molecular formula is C18H22N2O6S3. The Labute approximate surface area is 175 Å². The van der Waals surface area contributed by atoms with Gasteiger partial charge in [0.25, 0.3) is 0 Å². The maximum atomic E-state index is 13.4. The molecule has 158 valence electrons. The number of nitrogens with zero attached hydrogens (tertiary/aromatic N) is 1. The van der Waals surface area contributed by atoms with Gasteiger partial charge in [0.05, 0.1) is 10.3 Å². The maximum absolute atomic E-state index is 13.4. The molecule has 0 saturated heterocycles. The summed E-state index contributed by atoms with van der Waals surface area (Å²) < 4.78 is 51.9. The first-order chi connectivity index (χ1) is 13.6.